The summed E-state index contributed by atoms with van der Waals surface area (Å²) in [6.07, 6.45) is 0. The number of fused-ring (bicyclic) bond motifs is 1. The highest BCUT2D eigenvalue weighted by atomic mass is 16.4. The average Bonchev–Trinajstić information content (AvgIpc) is 2.68. The number of benzene rings is 1. The van der Waals surface area contributed by atoms with Crippen molar-refractivity contribution in [2.24, 2.45) is 11.1 Å². The van der Waals surface area contributed by atoms with E-state index in [-0.39, 0.29) is 5.41 Å². The molecule has 2 unspecified atom stereocenters. The van der Waals surface area contributed by atoms with Gasteiger partial charge in [0, 0.05) is 45.2 Å². The van der Waals surface area contributed by atoms with Gasteiger partial charge in [0.2, 0.25) is 0 Å². The maximum Gasteiger partial charge on any atom is 0.0758 e. The Morgan fingerprint density at radius 1 is 1.05 bits per heavy atom. The third-order valence-electron chi connectivity index (χ3n) is 4.99. The van der Waals surface area contributed by atoms with Crippen LogP contribution in [0.1, 0.15) is 5.56 Å². The third kappa shape index (κ3) is 1.56. The minimum Gasteiger partial charge on any atom is -0.411 e. The molecule has 0 spiro atoms. The van der Waals surface area contributed by atoms with Gasteiger partial charge < -0.3 is 15.0 Å². The molecule has 4 heterocycles. The van der Waals surface area contributed by atoms with Crippen LogP contribution >= 0.6 is 0 Å². The van der Waals surface area contributed by atoms with Crippen molar-refractivity contribution in [2.45, 2.75) is 5.41 Å². The lowest BCUT2D eigenvalue weighted by Gasteiger charge is -2.50. The molecular formula is C15H19N3O. The van der Waals surface area contributed by atoms with Gasteiger partial charge in [-0.05, 0) is 5.56 Å². The molecule has 4 aliphatic rings. The van der Waals surface area contributed by atoms with Crippen LogP contribution in [-0.2, 0) is 5.41 Å². The molecule has 0 radical (unpaired) electrons. The van der Waals surface area contributed by atoms with E-state index in [1.54, 1.807) is 0 Å². The van der Waals surface area contributed by atoms with E-state index in [4.69, 9.17) is 0 Å². The first-order valence-electron chi connectivity index (χ1n) is 7.04. The Morgan fingerprint density at radius 2 is 1.68 bits per heavy atom. The molecule has 1 aromatic carbocycles. The van der Waals surface area contributed by atoms with Crippen molar-refractivity contribution in [3.05, 3.63) is 35.9 Å². The molecule has 0 aromatic heterocycles. The van der Waals surface area contributed by atoms with E-state index < -0.39 is 0 Å². The first kappa shape index (κ1) is 11.4. The lowest BCUT2D eigenvalue weighted by atomic mass is 9.66. The molecule has 0 aliphatic carbocycles. The first-order chi connectivity index (χ1) is 9.32. The minimum absolute atomic E-state index is 0.103. The number of rotatable bonds is 1. The highest BCUT2D eigenvalue weighted by Crippen LogP contribution is 2.40. The third-order valence-corrected chi connectivity index (χ3v) is 4.99. The predicted molar refractivity (Wildman–Crippen MR) is 73.7 cm³/mol. The van der Waals surface area contributed by atoms with Crippen molar-refractivity contribution in [2.75, 3.05) is 39.3 Å². The Hall–Kier alpha value is -1.39. The lowest BCUT2D eigenvalue weighted by molar-refractivity contribution is 0.155. The zero-order valence-corrected chi connectivity index (χ0v) is 11.0. The number of hydrogen-bond acceptors (Lipinski definition) is 4. The van der Waals surface area contributed by atoms with Gasteiger partial charge in [0.1, 0.15) is 0 Å². The fourth-order valence-electron chi connectivity index (χ4n) is 4.24. The first-order valence-corrected chi connectivity index (χ1v) is 7.04. The maximum absolute atomic E-state index is 9.57. The van der Waals surface area contributed by atoms with Gasteiger partial charge in [0.25, 0.3) is 0 Å². The monoisotopic (exact) mass is 257 g/mol. The summed E-state index contributed by atoms with van der Waals surface area (Å²) in [7, 11) is 0. The SMILES string of the molecule is ON=C1C2CN3CCN(C2)CC1(c1ccccc1)C3. The summed E-state index contributed by atoms with van der Waals surface area (Å²) in [4.78, 5) is 5.08. The normalized spacial score (nSPS) is 42.5. The second kappa shape index (κ2) is 4.05. The van der Waals surface area contributed by atoms with Gasteiger partial charge in [-0.2, -0.15) is 0 Å². The number of oxime groups is 1. The van der Waals surface area contributed by atoms with Crippen molar-refractivity contribution < 1.29 is 5.21 Å². The van der Waals surface area contributed by atoms with Gasteiger partial charge in [0.05, 0.1) is 11.1 Å². The van der Waals surface area contributed by atoms with E-state index in [2.05, 4.69) is 39.2 Å². The number of piperidine rings is 2. The predicted octanol–water partition coefficient (Wildman–Crippen LogP) is 1.02. The largest absolute Gasteiger partial charge is 0.411 e. The van der Waals surface area contributed by atoms with Crippen molar-refractivity contribution in [3.8, 4) is 0 Å². The Labute approximate surface area is 113 Å². The topological polar surface area (TPSA) is 39.1 Å². The van der Waals surface area contributed by atoms with Gasteiger partial charge >= 0.3 is 0 Å². The van der Waals surface area contributed by atoms with Crippen LogP contribution in [0.2, 0.25) is 0 Å². The van der Waals surface area contributed by atoms with Crippen LogP contribution in [0.3, 0.4) is 0 Å². The molecule has 1 aromatic rings. The minimum atomic E-state index is -0.103. The zero-order chi connectivity index (χ0) is 12.9. The molecular weight excluding hydrogens is 238 g/mol. The molecule has 4 heteroatoms. The molecule has 2 atom stereocenters. The van der Waals surface area contributed by atoms with Crippen LogP contribution in [0.4, 0.5) is 0 Å². The number of hydrogen-bond donors (Lipinski definition) is 1. The molecule has 0 saturated carbocycles. The van der Waals surface area contributed by atoms with E-state index in [9.17, 15) is 5.21 Å². The molecule has 4 nitrogen and oxygen atoms in total. The van der Waals surface area contributed by atoms with Crippen molar-refractivity contribution in [3.63, 3.8) is 0 Å². The van der Waals surface area contributed by atoms with E-state index in [0.29, 0.717) is 5.92 Å². The Balaban J connectivity index is 1.88. The maximum atomic E-state index is 9.57. The smallest absolute Gasteiger partial charge is 0.0758 e. The molecule has 19 heavy (non-hydrogen) atoms. The van der Waals surface area contributed by atoms with Crippen LogP contribution in [0.15, 0.2) is 35.5 Å². The summed E-state index contributed by atoms with van der Waals surface area (Å²) < 4.78 is 0. The average molecular weight is 257 g/mol. The Kier molecular flexibility index (Phi) is 2.44. The van der Waals surface area contributed by atoms with Crippen LogP contribution < -0.4 is 0 Å². The molecule has 5 rings (SSSR count). The quantitative estimate of drug-likeness (QED) is 0.603. The standard InChI is InChI=1S/C15H19N3O/c19-16-14-12-8-17-6-7-18(9-12)11-15(14,10-17)13-4-2-1-3-5-13/h1-5,12,19H,6-11H2. The van der Waals surface area contributed by atoms with Gasteiger partial charge in [0.15, 0.2) is 0 Å². The summed E-state index contributed by atoms with van der Waals surface area (Å²) in [6, 6.07) is 10.6. The van der Waals surface area contributed by atoms with Crippen LogP contribution in [0.5, 0.6) is 0 Å². The highest BCUT2D eigenvalue weighted by molar-refractivity contribution is 5.99. The lowest BCUT2D eigenvalue weighted by Crippen LogP contribution is -2.63. The zero-order valence-electron chi connectivity index (χ0n) is 11.0. The molecule has 1 N–H and O–H groups in total. The Morgan fingerprint density at radius 3 is 2.26 bits per heavy atom. The van der Waals surface area contributed by atoms with Gasteiger partial charge in [-0.15, -0.1) is 0 Å². The molecule has 4 saturated heterocycles. The van der Waals surface area contributed by atoms with E-state index in [1.807, 2.05) is 6.07 Å². The van der Waals surface area contributed by atoms with Gasteiger partial charge in [-0.3, -0.25) is 0 Å². The van der Waals surface area contributed by atoms with Crippen LogP contribution in [0.25, 0.3) is 0 Å². The van der Waals surface area contributed by atoms with Crippen molar-refractivity contribution >= 4 is 5.71 Å². The second-order valence-electron chi connectivity index (χ2n) is 6.10. The highest BCUT2D eigenvalue weighted by Gasteiger charge is 2.53. The summed E-state index contributed by atoms with van der Waals surface area (Å²) in [5.41, 5.74) is 2.20. The van der Waals surface area contributed by atoms with Crippen molar-refractivity contribution in [1.82, 2.24) is 9.80 Å². The summed E-state index contributed by atoms with van der Waals surface area (Å²) in [6.45, 7) is 6.36. The molecule has 100 valence electrons. The molecule has 0 amide bonds. The summed E-state index contributed by atoms with van der Waals surface area (Å²) >= 11 is 0. The summed E-state index contributed by atoms with van der Waals surface area (Å²) in [5, 5.41) is 13.3. The van der Waals surface area contributed by atoms with E-state index in [1.165, 1.54) is 5.56 Å². The van der Waals surface area contributed by atoms with Gasteiger partial charge in [-0.25, -0.2) is 0 Å². The Bertz CT molecular complexity index is 497. The second-order valence-corrected chi connectivity index (χ2v) is 6.10. The fourth-order valence-corrected chi connectivity index (χ4v) is 4.24. The molecule has 4 fully saturated rings. The number of nitrogens with zero attached hydrogens (tertiary/aromatic N) is 3. The molecule has 4 bridgehead atoms. The summed E-state index contributed by atoms with van der Waals surface area (Å²) in [5.74, 6) is 0.384. The molecule has 4 aliphatic heterocycles. The van der Waals surface area contributed by atoms with Crippen molar-refractivity contribution in [1.29, 1.82) is 0 Å². The van der Waals surface area contributed by atoms with Gasteiger partial charge in [-0.1, -0.05) is 35.5 Å². The van der Waals surface area contributed by atoms with E-state index >= 15 is 0 Å². The fraction of sp³-hybridized carbons (Fsp3) is 0.533. The van der Waals surface area contributed by atoms with Crippen LogP contribution in [0, 0.1) is 5.92 Å². The van der Waals surface area contributed by atoms with Crippen LogP contribution in [-0.4, -0.2) is 60.0 Å². The van der Waals surface area contributed by atoms with E-state index in [0.717, 1.165) is 45.0 Å².